The summed E-state index contributed by atoms with van der Waals surface area (Å²) in [6, 6.07) is 4.51. The third-order valence-electron chi connectivity index (χ3n) is 2.91. The maximum absolute atomic E-state index is 11.9. The molecule has 2 rings (SSSR count). The second-order valence-corrected chi connectivity index (χ2v) is 6.34. The second kappa shape index (κ2) is 6.97. The average Bonchev–Trinajstić information content (AvgIpc) is 2.97. The Kier molecular flexibility index (Phi) is 5.23. The Morgan fingerprint density at radius 2 is 2.22 bits per heavy atom. The Bertz CT molecular complexity index is 668. The molecule has 0 bridgehead atoms. The normalized spacial score (nSPS) is 12.7. The molecule has 0 saturated carbocycles. The molecular formula is C15H19ClN4O3. The van der Waals surface area contributed by atoms with Crippen LogP contribution in [0.25, 0.3) is 5.69 Å². The number of hydrogen-bond acceptors (Lipinski definition) is 5. The first-order valence-electron chi connectivity index (χ1n) is 7.05. The van der Waals surface area contributed by atoms with Crippen molar-refractivity contribution in [2.45, 2.75) is 32.4 Å². The second-order valence-electron chi connectivity index (χ2n) is 5.93. The Labute approximate surface area is 139 Å². The van der Waals surface area contributed by atoms with Crippen LogP contribution in [-0.2, 0) is 4.74 Å². The number of carbonyl (C=O) groups excluding carboxylic acids is 1. The van der Waals surface area contributed by atoms with Crippen molar-refractivity contribution in [3.8, 4) is 5.69 Å². The highest BCUT2D eigenvalue weighted by atomic mass is 35.5. The van der Waals surface area contributed by atoms with Gasteiger partial charge in [-0.2, -0.15) is 5.10 Å². The summed E-state index contributed by atoms with van der Waals surface area (Å²) in [5.74, 6) is 0. The lowest BCUT2D eigenvalue weighted by Gasteiger charge is -2.23. The van der Waals surface area contributed by atoms with Crippen LogP contribution in [0.4, 0.5) is 4.79 Å². The van der Waals surface area contributed by atoms with Crippen LogP contribution in [0.3, 0.4) is 0 Å². The molecule has 0 spiro atoms. The van der Waals surface area contributed by atoms with Crippen molar-refractivity contribution < 1.29 is 14.6 Å². The summed E-state index contributed by atoms with van der Waals surface area (Å²) >= 11 is 6.17. The van der Waals surface area contributed by atoms with Gasteiger partial charge in [-0.3, -0.25) is 0 Å². The third-order valence-corrected chi connectivity index (χ3v) is 3.23. The van der Waals surface area contributed by atoms with Crippen molar-refractivity contribution in [1.29, 1.82) is 0 Å². The molecule has 0 radical (unpaired) electrons. The van der Waals surface area contributed by atoms with Crippen molar-refractivity contribution >= 4 is 17.7 Å². The van der Waals surface area contributed by atoms with Crippen LogP contribution >= 0.6 is 11.6 Å². The maximum Gasteiger partial charge on any atom is 0.408 e. The van der Waals surface area contributed by atoms with Crippen LogP contribution in [0.2, 0.25) is 5.02 Å². The molecule has 0 aliphatic heterocycles. The van der Waals surface area contributed by atoms with Gasteiger partial charge in [0.2, 0.25) is 0 Å². The molecule has 7 nitrogen and oxygen atoms in total. The zero-order chi connectivity index (χ0) is 17.0. The summed E-state index contributed by atoms with van der Waals surface area (Å²) in [5, 5.41) is 16.7. The van der Waals surface area contributed by atoms with Crippen LogP contribution in [0.1, 0.15) is 32.4 Å². The molecule has 0 saturated heterocycles. The highest BCUT2D eigenvalue weighted by Gasteiger charge is 2.21. The Balaban J connectivity index is 2.22. The van der Waals surface area contributed by atoms with Gasteiger partial charge in [0.25, 0.3) is 0 Å². The van der Waals surface area contributed by atoms with E-state index < -0.39 is 17.7 Å². The molecule has 1 amide bonds. The van der Waals surface area contributed by atoms with Gasteiger partial charge in [-0.05, 0) is 38.5 Å². The predicted molar refractivity (Wildman–Crippen MR) is 85.6 cm³/mol. The molecule has 124 valence electrons. The number of alkyl carbamates (subject to hydrolysis) is 1. The van der Waals surface area contributed by atoms with Gasteiger partial charge >= 0.3 is 6.09 Å². The predicted octanol–water partition coefficient (Wildman–Crippen LogP) is 2.48. The molecule has 0 aliphatic carbocycles. The van der Waals surface area contributed by atoms with Gasteiger partial charge in [0, 0.05) is 0 Å². The molecule has 8 heteroatoms. The summed E-state index contributed by atoms with van der Waals surface area (Å²) < 4.78 is 6.71. The highest BCUT2D eigenvalue weighted by Crippen LogP contribution is 2.24. The van der Waals surface area contributed by atoms with E-state index in [1.807, 2.05) is 0 Å². The van der Waals surface area contributed by atoms with E-state index in [4.69, 9.17) is 16.3 Å². The molecule has 1 atom stereocenters. The zero-order valence-electron chi connectivity index (χ0n) is 13.2. The van der Waals surface area contributed by atoms with E-state index >= 15 is 0 Å². The number of benzene rings is 1. The quantitative estimate of drug-likeness (QED) is 0.894. The van der Waals surface area contributed by atoms with E-state index in [9.17, 15) is 9.90 Å². The zero-order valence-corrected chi connectivity index (χ0v) is 13.9. The van der Waals surface area contributed by atoms with Crippen molar-refractivity contribution in [2.24, 2.45) is 0 Å². The van der Waals surface area contributed by atoms with E-state index in [2.05, 4.69) is 15.4 Å². The smallest absolute Gasteiger partial charge is 0.408 e. The summed E-state index contributed by atoms with van der Waals surface area (Å²) in [7, 11) is 0. The maximum atomic E-state index is 11.9. The number of amides is 1. The van der Waals surface area contributed by atoms with Crippen LogP contribution in [0, 0.1) is 0 Å². The molecule has 0 aliphatic rings. The van der Waals surface area contributed by atoms with E-state index in [0.717, 1.165) is 0 Å². The molecule has 0 fully saturated rings. The summed E-state index contributed by atoms with van der Waals surface area (Å²) in [5.41, 5.74) is 0.662. The van der Waals surface area contributed by atoms with Crippen LogP contribution in [0.15, 0.2) is 30.9 Å². The van der Waals surface area contributed by atoms with Crippen molar-refractivity contribution in [3.63, 3.8) is 0 Å². The van der Waals surface area contributed by atoms with Crippen LogP contribution < -0.4 is 5.32 Å². The van der Waals surface area contributed by atoms with E-state index in [-0.39, 0.29) is 6.61 Å². The molecule has 23 heavy (non-hydrogen) atoms. The van der Waals surface area contributed by atoms with Crippen LogP contribution in [0.5, 0.6) is 0 Å². The van der Waals surface area contributed by atoms with Gasteiger partial charge in [-0.1, -0.05) is 17.7 Å². The van der Waals surface area contributed by atoms with E-state index in [1.165, 1.54) is 17.3 Å². The first kappa shape index (κ1) is 17.2. The number of halogens is 1. The first-order valence-corrected chi connectivity index (χ1v) is 7.43. The molecule has 2 aromatic rings. The summed E-state index contributed by atoms with van der Waals surface area (Å²) in [4.78, 5) is 15.8. The summed E-state index contributed by atoms with van der Waals surface area (Å²) in [6.07, 6.45) is 2.31. The molecular weight excluding hydrogens is 320 g/mol. The van der Waals surface area contributed by atoms with Crippen molar-refractivity contribution in [2.75, 3.05) is 6.61 Å². The molecule has 0 unspecified atom stereocenters. The number of nitrogens with zero attached hydrogens (tertiary/aromatic N) is 3. The lowest BCUT2D eigenvalue weighted by molar-refractivity contribution is 0.0482. The first-order chi connectivity index (χ1) is 10.8. The fourth-order valence-corrected chi connectivity index (χ4v) is 2.14. The molecule has 2 N–H and O–H groups in total. The number of ether oxygens (including phenoxy) is 1. The fraction of sp³-hybridized carbons (Fsp3) is 0.400. The van der Waals surface area contributed by atoms with Gasteiger partial charge in [0.05, 0.1) is 23.4 Å². The monoisotopic (exact) mass is 338 g/mol. The fourth-order valence-electron chi connectivity index (χ4n) is 1.94. The molecule has 1 heterocycles. The minimum atomic E-state index is -0.621. The number of carbonyl (C=O) groups is 1. The summed E-state index contributed by atoms with van der Waals surface area (Å²) in [6.45, 7) is 5.03. The van der Waals surface area contributed by atoms with Gasteiger partial charge in [-0.15, -0.1) is 0 Å². The number of hydrogen-bond donors (Lipinski definition) is 2. The number of aromatic nitrogens is 3. The highest BCUT2D eigenvalue weighted by molar-refractivity contribution is 6.32. The molecule has 1 aromatic heterocycles. The minimum absolute atomic E-state index is 0.280. The Hall–Kier alpha value is -2.12. The standard InChI is InChI=1S/C15H19ClN4O3/c1-15(2,3)23-14(22)19-12(7-21)10-4-5-11(16)13(6-10)20-9-17-8-18-20/h4-6,8-9,12,21H,7H2,1-3H3,(H,19,22)/t12-/m1/s1. The van der Waals surface area contributed by atoms with E-state index in [0.29, 0.717) is 16.3 Å². The number of aliphatic hydroxyl groups excluding tert-OH is 1. The third kappa shape index (κ3) is 4.67. The van der Waals surface area contributed by atoms with Gasteiger partial charge < -0.3 is 15.2 Å². The van der Waals surface area contributed by atoms with Crippen molar-refractivity contribution in [3.05, 3.63) is 41.4 Å². The molecule has 1 aromatic carbocycles. The minimum Gasteiger partial charge on any atom is -0.444 e. The lowest BCUT2D eigenvalue weighted by atomic mass is 10.1. The van der Waals surface area contributed by atoms with Crippen LogP contribution in [-0.4, -0.2) is 38.2 Å². The average molecular weight is 339 g/mol. The lowest BCUT2D eigenvalue weighted by Crippen LogP contribution is -2.36. The largest absolute Gasteiger partial charge is 0.444 e. The van der Waals surface area contributed by atoms with Gasteiger partial charge in [0.1, 0.15) is 18.3 Å². The number of rotatable bonds is 4. The Morgan fingerprint density at radius 3 is 2.78 bits per heavy atom. The van der Waals surface area contributed by atoms with Crippen molar-refractivity contribution in [1.82, 2.24) is 20.1 Å². The van der Waals surface area contributed by atoms with Gasteiger partial charge in [0.15, 0.2) is 0 Å². The van der Waals surface area contributed by atoms with Gasteiger partial charge in [-0.25, -0.2) is 14.5 Å². The number of aliphatic hydroxyl groups is 1. The SMILES string of the molecule is CC(C)(C)OC(=O)N[C@H](CO)c1ccc(Cl)c(-n2cncn2)c1. The topological polar surface area (TPSA) is 89.3 Å². The van der Waals surface area contributed by atoms with E-state index in [1.54, 1.807) is 39.0 Å². The Morgan fingerprint density at radius 1 is 1.48 bits per heavy atom. The number of nitrogens with one attached hydrogen (secondary N) is 1.